The molecule has 0 saturated carbocycles. The van der Waals surface area contributed by atoms with Crippen LogP contribution in [0.25, 0.3) is 0 Å². The first-order chi connectivity index (χ1) is 18.6. The highest BCUT2D eigenvalue weighted by atomic mass is 32.2. The van der Waals surface area contributed by atoms with Crippen LogP contribution in [-0.2, 0) is 23.9 Å². The third kappa shape index (κ3) is 12.2. The molecule has 0 spiro atoms. The highest BCUT2D eigenvalue weighted by Crippen LogP contribution is 2.29. The zero-order chi connectivity index (χ0) is 30.6. The molecule has 0 fully saturated rings. The van der Waals surface area contributed by atoms with Crippen molar-refractivity contribution in [3.63, 3.8) is 0 Å². The number of amides is 3. The summed E-state index contributed by atoms with van der Waals surface area (Å²) in [6.45, 7) is 14.9. The SMILES string of the molecule is COC(=O)CNC(=O)C(c1cc(C)cc(C)c1)N(C(=O)C(CCSC)NC(=O)OC(C)(C)C)C(C)CCC(C)C. The molecule has 0 heterocycles. The largest absolute Gasteiger partial charge is 0.468 e. The van der Waals surface area contributed by atoms with Crippen LogP contribution in [0.1, 0.15) is 83.5 Å². The van der Waals surface area contributed by atoms with Gasteiger partial charge in [0, 0.05) is 6.04 Å². The molecular formula is C30H49N3O6S. The zero-order valence-electron chi connectivity index (χ0n) is 25.9. The Bertz CT molecular complexity index is 987. The lowest BCUT2D eigenvalue weighted by Crippen LogP contribution is -2.56. The van der Waals surface area contributed by atoms with E-state index in [4.69, 9.17) is 9.47 Å². The average Bonchev–Trinajstić information content (AvgIpc) is 2.84. The number of hydrogen-bond donors (Lipinski definition) is 2. The van der Waals surface area contributed by atoms with Crippen LogP contribution in [0.5, 0.6) is 0 Å². The van der Waals surface area contributed by atoms with Crippen molar-refractivity contribution >= 4 is 35.6 Å². The lowest BCUT2D eigenvalue weighted by atomic mass is 9.95. The first-order valence-electron chi connectivity index (χ1n) is 13.8. The van der Waals surface area contributed by atoms with Crippen LogP contribution >= 0.6 is 11.8 Å². The van der Waals surface area contributed by atoms with Gasteiger partial charge in [0.15, 0.2) is 0 Å². The summed E-state index contributed by atoms with van der Waals surface area (Å²) >= 11 is 1.56. The fourth-order valence-electron chi connectivity index (χ4n) is 4.37. The van der Waals surface area contributed by atoms with Gasteiger partial charge in [-0.15, -0.1) is 0 Å². The van der Waals surface area contributed by atoms with Gasteiger partial charge in [-0.05, 0) is 84.3 Å². The fourth-order valence-corrected chi connectivity index (χ4v) is 4.84. The van der Waals surface area contributed by atoms with E-state index in [0.717, 1.165) is 17.5 Å². The van der Waals surface area contributed by atoms with E-state index in [9.17, 15) is 19.2 Å². The predicted molar refractivity (Wildman–Crippen MR) is 160 cm³/mol. The lowest BCUT2D eigenvalue weighted by molar-refractivity contribution is -0.146. The Balaban J connectivity index is 3.67. The number of hydrogen-bond acceptors (Lipinski definition) is 7. The van der Waals surface area contributed by atoms with Gasteiger partial charge in [0.1, 0.15) is 24.2 Å². The van der Waals surface area contributed by atoms with Crippen molar-refractivity contribution < 1.29 is 28.7 Å². The first-order valence-corrected chi connectivity index (χ1v) is 15.2. The predicted octanol–water partition coefficient (Wildman–Crippen LogP) is 4.93. The van der Waals surface area contributed by atoms with Crippen molar-refractivity contribution in [3.05, 3.63) is 34.9 Å². The Kier molecular flexibility index (Phi) is 14.6. The van der Waals surface area contributed by atoms with Crippen LogP contribution in [-0.4, -0.2) is 72.1 Å². The maximum Gasteiger partial charge on any atom is 0.408 e. The molecule has 0 aromatic heterocycles. The molecule has 10 heteroatoms. The number of nitrogens with zero attached hydrogens (tertiary/aromatic N) is 1. The van der Waals surface area contributed by atoms with Crippen molar-refractivity contribution in [1.29, 1.82) is 0 Å². The molecule has 1 aromatic rings. The number of carbonyl (C=O) groups is 4. The Morgan fingerprint density at radius 2 is 1.57 bits per heavy atom. The van der Waals surface area contributed by atoms with E-state index in [2.05, 4.69) is 24.5 Å². The van der Waals surface area contributed by atoms with Crippen molar-refractivity contribution in [1.82, 2.24) is 15.5 Å². The summed E-state index contributed by atoms with van der Waals surface area (Å²) in [7, 11) is 1.25. The maximum absolute atomic E-state index is 14.4. The summed E-state index contributed by atoms with van der Waals surface area (Å²) in [5.41, 5.74) is 1.77. The second kappa shape index (κ2) is 16.5. The molecular weight excluding hydrogens is 530 g/mol. The zero-order valence-corrected chi connectivity index (χ0v) is 26.7. The highest BCUT2D eigenvalue weighted by Gasteiger charge is 2.39. The molecule has 0 bridgehead atoms. The van der Waals surface area contributed by atoms with E-state index in [1.54, 1.807) is 37.4 Å². The summed E-state index contributed by atoms with van der Waals surface area (Å²) in [6.07, 6.45) is 3.08. The van der Waals surface area contributed by atoms with Gasteiger partial charge in [-0.25, -0.2) is 4.79 Å². The third-order valence-corrected chi connectivity index (χ3v) is 6.86. The average molecular weight is 580 g/mol. The number of aryl methyl sites for hydroxylation is 2. The Hall–Kier alpha value is -2.75. The topological polar surface area (TPSA) is 114 Å². The standard InChI is InChI=1S/C30H49N3O6S/c1-19(2)11-12-22(5)33(28(36)24(13-14-40-10)32-29(37)39-30(6,7)8)26(27(35)31-18-25(34)38-9)23-16-20(3)15-21(4)17-23/h15-17,19,22,24,26H,11-14,18H2,1-10H3,(H,31,35)(H,32,37). The van der Waals surface area contributed by atoms with E-state index in [1.807, 2.05) is 45.2 Å². The van der Waals surface area contributed by atoms with Gasteiger partial charge in [-0.3, -0.25) is 14.4 Å². The van der Waals surface area contributed by atoms with Gasteiger partial charge in [0.25, 0.3) is 0 Å². The number of rotatable bonds is 14. The quantitative estimate of drug-likeness (QED) is 0.300. The number of alkyl carbamates (subject to hydrolysis) is 1. The lowest BCUT2D eigenvalue weighted by Gasteiger charge is -2.39. The van der Waals surface area contributed by atoms with E-state index in [1.165, 1.54) is 7.11 Å². The van der Waals surface area contributed by atoms with Gasteiger partial charge in [-0.1, -0.05) is 43.2 Å². The minimum Gasteiger partial charge on any atom is -0.468 e. The smallest absolute Gasteiger partial charge is 0.408 e. The minimum absolute atomic E-state index is 0.328. The highest BCUT2D eigenvalue weighted by molar-refractivity contribution is 7.98. The summed E-state index contributed by atoms with van der Waals surface area (Å²) < 4.78 is 10.2. The van der Waals surface area contributed by atoms with Gasteiger partial charge in [0.2, 0.25) is 11.8 Å². The molecule has 2 N–H and O–H groups in total. The van der Waals surface area contributed by atoms with Crippen molar-refractivity contribution in [2.24, 2.45) is 5.92 Å². The van der Waals surface area contributed by atoms with E-state index in [-0.39, 0.29) is 18.5 Å². The van der Waals surface area contributed by atoms with Crippen LogP contribution in [0.2, 0.25) is 0 Å². The number of esters is 1. The van der Waals surface area contributed by atoms with Crippen LogP contribution in [0.3, 0.4) is 0 Å². The van der Waals surface area contributed by atoms with Gasteiger partial charge < -0.3 is 25.0 Å². The van der Waals surface area contributed by atoms with Crippen LogP contribution in [0, 0.1) is 19.8 Å². The van der Waals surface area contributed by atoms with Crippen molar-refractivity contribution in [2.45, 2.75) is 98.4 Å². The molecule has 0 aliphatic carbocycles. The van der Waals surface area contributed by atoms with E-state index >= 15 is 0 Å². The Morgan fingerprint density at radius 3 is 2.08 bits per heavy atom. The summed E-state index contributed by atoms with van der Waals surface area (Å²) in [5, 5.41) is 5.42. The molecule has 1 aromatic carbocycles. The van der Waals surface area contributed by atoms with Crippen molar-refractivity contribution in [3.8, 4) is 0 Å². The van der Waals surface area contributed by atoms with Gasteiger partial charge in [-0.2, -0.15) is 11.8 Å². The molecule has 1 rings (SSSR count). The number of nitrogens with one attached hydrogen (secondary N) is 2. The monoisotopic (exact) mass is 579 g/mol. The molecule has 40 heavy (non-hydrogen) atoms. The molecule has 3 unspecified atom stereocenters. The number of thioether (sulfide) groups is 1. The van der Waals surface area contributed by atoms with E-state index < -0.39 is 35.7 Å². The molecule has 9 nitrogen and oxygen atoms in total. The second-order valence-electron chi connectivity index (χ2n) is 11.7. The summed E-state index contributed by atoms with van der Waals surface area (Å²) in [6, 6.07) is 3.46. The number of ether oxygens (including phenoxy) is 2. The second-order valence-corrected chi connectivity index (χ2v) is 12.6. The van der Waals surface area contributed by atoms with Crippen LogP contribution < -0.4 is 10.6 Å². The number of benzene rings is 1. The van der Waals surface area contributed by atoms with Crippen LogP contribution in [0.15, 0.2) is 18.2 Å². The molecule has 0 radical (unpaired) electrons. The fraction of sp³-hybridized carbons (Fsp3) is 0.667. The number of methoxy groups -OCH3 is 1. The normalized spacial score (nSPS) is 13.7. The van der Waals surface area contributed by atoms with Crippen molar-refractivity contribution in [2.75, 3.05) is 25.7 Å². The van der Waals surface area contributed by atoms with Crippen LogP contribution in [0.4, 0.5) is 4.79 Å². The molecule has 3 atom stereocenters. The maximum atomic E-state index is 14.4. The van der Waals surface area contributed by atoms with Gasteiger partial charge >= 0.3 is 12.1 Å². The first kappa shape index (κ1) is 35.3. The summed E-state index contributed by atoms with van der Waals surface area (Å²) in [5.74, 6) is -0.472. The number of carbonyl (C=O) groups excluding carboxylic acids is 4. The molecule has 0 saturated heterocycles. The molecule has 0 aliphatic rings. The van der Waals surface area contributed by atoms with Gasteiger partial charge in [0.05, 0.1) is 7.11 Å². The van der Waals surface area contributed by atoms with E-state index in [0.29, 0.717) is 30.1 Å². The molecule has 3 amide bonds. The summed E-state index contributed by atoms with van der Waals surface area (Å²) in [4.78, 5) is 54.4. The minimum atomic E-state index is -1.03. The molecule has 226 valence electrons. The Morgan fingerprint density at radius 1 is 0.975 bits per heavy atom. The third-order valence-electron chi connectivity index (χ3n) is 6.21. The Labute approximate surface area is 244 Å². The molecule has 0 aliphatic heterocycles.